The molecule has 1 aromatic heterocycles. The number of hydrogen-bond acceptors (Lipinski definition) is 6. The normalized spacial score (nSPS) is 17.0. The number of carboxylic acids is 1. The molecule has 1 saturated heterocycles. The number of nitrogens with one attached hydrogen (secondary N) is 5. The summed E-state index contributed by atoms with van der Waals surface area (Å²) in [6.07, 6.45) is 3.80. The van der Waals surface area contributed by atoms with Gasteiger partial charge in [0.15, 0.2) is 0 Å². The zero-order valence-electron chi connectivity index (χ0n) is 23.9. The van der Waals surface area contributed by atoms with E-state index in [1.54, 1.807) is 12.1 Å². The number of benzene rings is 2. The molecule has 1 aliphatic heterocycles. The Kier molecular flexibility index (Phi) is 10.2. The Hall–Kier alpha value is -4.38. The summed E-state index contributed by atoms with van der Waals surface area (Å²) in [6.45, 7) is 4.52. The first kappa shape index (κ1) is 30.6. The summed E-state index contributed by atoms with van der Waals surface area (Å²) in [5, 5.41) is 31.6. The van der Waals surface area contributed by atoms with Crippen molar-refractivity contribution in [3.63, 3.8) is 0 Å². The van der Waals surface area contributed by atoms with Gasteiger partial charge < -0.3 is 36.5 Å². The molecule has 0 radical (unpaired) electrons. The largest absolute Gasteiger partial charge is 0.508 e. The number of carboxylic acid groups (broad SMARTS) is 1. The third-order valence-electron chi connectivity index (χ3n) is 7.44. The van der Waals surface area contributed by atoms with E-state index in [-0.39, 0.29) is 36.8 Å². The van der Waals surface area contributed by atoms with E-state index < -0.39 is 42.0 Å². The molecule has 0 spiro atoms. The molecule has 42 heavy (non-hydrogen) atoms. The van der Waals surface area contributed by atoms with Crippen LogP contribution in [0, 0.1) is 5.92 Å². The average molecular weight is 578 g/mol. The number of carbonyl (C=O) groups excluding carboxylic acids is 3. The number of aliphatic carboxylic acids is 1. The predicted octanol–water partition coefficient (Wildman–Crippen LogP) is 2.00. The van der Waals surface area contributed by atoms with Crippen LogP contribution in [0.2, 0.25) is 0 Å². The van der Waals surface area contributed by atoms with Crippen LogP contribution in [0.25, 0.3) is 10.9 Å². The van der Waals surface area contributed by atoms with Crippen molar-refractivity contribution in [2.45, 2.75) is 70.1 Å². The quantitative estimate of drug-likeness (QED) is 0.163. The topological polar surface area (TPSA) is 173 Å². The van der Waals surface area contributed by atoms with Crippen molar-refractivity contribution in [2.24, 2.45) is 5.92 Å². The minimum absolute atomic E-state index is 0.00265. The highest BCUT2D eigenvalue weighted by atomic mass is 16.4. The minimum Gasteiger partial charge on any atom is -0.508 e. The van der Waals surface area contributed by atoms with E-state index in [0.717, 1.165) is 29.4 Å². The zero-order chi connectivity index (χ0) is 30.2. The van der Waals surface area contributed by atoms with Crippen molar-refractivity contribution in [2.75, 3.05) is 6.54 Å². The van der Waals surface area contributed by atoms with Gasteiger partial charge in [-0.1, -0.05) is 44.2 Å². The van der Waals surface area contributed by atoms with Crippen LogP contribution in [0.3, 0.4) is 0 Å². The molecule has 0 saturated carbocycles. The average Bonchev–Trinajstić information content (AvgIpc) is 3.63. The molecule has 0 bridgehead atoms. The van der Waals surface area contributed by atoms with Gasteiger partial charge in [0.25, 0.3) is 0 Å². The van der Waals surface area contributed by atoms with Crippen molar-refractivity contribution in [3.8, 4) is 5.75 Å². The van der Waals surface area contributed by atoms with Gasteiger partial charge in [-0.25, -0.2) is 4.79 Å². The van der Waals surface area contributed by atoms with Gasteiger partial charge in [0, 0.05) is 29.9 Å². The standard InChI is InChI=1S/C31H39N5O6/c1-18(2)14-25(29(39)36-27(31(41)42)15-19-9-11-21(37)12-10-19)34-30(40)26(35-28(38)24-8-5-13-32-24)16-20-17-33-23-7-4-3-6-22(20)23/h3-4,6-7,9-12,17-18,24-27,32-33,37H,5,8,13-16H2,1-2H3,(H,34,40)(H,35,38)(H,36,39)(H,41,42)/t24-,25-,26-,27-/m0/s1. The maximum atomic E-state index is 13.7. The van der Waals surface area contributed by atoms with E-state index in [4.69, 9.17) is 0 Å². The molecule has 0 unspecified atom stereocenters. The minimum atomic E-state index is -1.25. The molecule has 224 valence electrons. The summed E-state index contributed by atoms with van der Waals surface area (Å²) in [7, 11) is 0. The van der Waals surface area contributed by atoms with Gasteiger partial charge in [0.1, 0.15) is 23.9 Å². The third-order valence-corrected chi connectivity index (χ3v) is 7.44. The molecular formula is C31H39N5O6. The van der Waals surface area contributed by atoms with Crippen LogP contribution in [0.4, 0.5) is 0 Å². The molecule has 2 aromatic carbocycles. The zero-order valence-corrected chi connectivity index (χ0v) is 23.9. The van der Waals surface area contributed by atoms with Crippen LogP contribution in [-0.4, -0.2) is 69.6 Å². The second-order valence-corrected chi connectivity index (χ2v) is 11.2. The van der Waals surface area contributed by atoms with Crippen LogP contribution in [0.5, 0.6) is 5.75 Å². The molecule has 4 rings (SSSR count). The molecule has 3 amide bonds. The number of fused-ring (bicyclic) bond motifs is 1. The molecule has 7 N–H and O–H groups in total. The van der Waals surface area contributed by atoms with Crippen molar-refractivity contribution in [3.05, 3.63) is 65.9 Å². The van der Waals surface area contributed by atoms with Crippen LogP contribution in [0.15, 0.2) is 54.7 Å². The Balaban J connectivity index is 1.52. The number of aromatic nitrogens is 1. The third kappa shape index (κ3) is 8.10. The predicted molar refractivity (Wildman–Crippen MR) is 158 cm³/mol. The summed E-state index contributed by atoms with van der Waals surface area (Å²) in [6, 6.07) is 10.1. The first-order chi connectivity index (χ1) is 20.1. The Bertz CT molecular complexity index is 1400. The van der Waals surface area contributed by atoms with Gasteiger partial charge in [0.05, 0.1) is 6.04 Å². The Morgan fingerprint density at radius 1 is 0.905 bits per heavy atom. The van der Waals surface area contributed by atoms with E-state index in [9.17, 15) is 29.4 Å². The fraction of sp³-hybridized carbons (Fsp3) is 0.419. The number of aromatic hydroxyl groups is 1. The Morgan fingerprint density at radius 2 is 1.60 bits per heavy atom. The monoisotopic (exact) mass is 577 g/mol. The van der Waals surface area contributed by atoms with E-state index in [1.807, 2.05) is 44.3 Å². The summed E-state index contributed by atoms with van der Waals surface area (Å²) < 4.78 is 0. The SMILES string of the molecule is CC(C)C[C@H](NC(=O)[C@H](Cc1c[nH]c2ccccc12)NC(=O)[C@@H]1CCCN1)C(=O)N[C@@H](Cc1ccc(O)cc1)C(=O)O. The smallest absolute Gasteiger partial charge is 0.326 e. The lowest BCUT2D eigenvalue weighted by Gasteiger charge is -2.26. The van der Waals surface area contributed by atoms with E-state index >= 15 is 0 Å². The van der Waals surface area contributed by atoms with E-state index in [1.165, 1.54) is 12.1 Å². The van der Waals surface area contributed by atoms with Gasteiger partial charge in [-0.05, 0) is 61.1 Å². The maximum absolute atomic E-state index is 13.7. The highest BCUT2D eigenvalue weighted by molar-refractivity contribution is 5.95. The Labute approximate surface area is 244 Å². The van der Waals surface area contributed by atoms with Crippen LogP contribution < -0.4 is 21.3 Å². The molecular weight excluding hydrogens is 538 g/mol. The first-order valence-corrected chi connectivity index (χ1v) is 14.3. The van der Waals surface area contributed by atoms with E-state index in [0.29, 0.717) is 12.0 Å². The molecule has 11 heteroatoms. The van der Waals surface area contributed by atoms with Gasteiger partial charge >= 0.3 is 5.97 Å². The van der Waals surface area contributed by atoms with Crippen molar-refractivity contribution in [1.29, 1.82) is 0 Å². The number of carbonyl (C=O) groups is 4. The summed E-state index contributed by atoms with van der Waals surface area (Å²) in [5.41, 5.74) is 2.36. The van der Waals surface area contributed by atoms with Gasteiger partial charge in [-0.3, -0.25) is 14.4 Å². The maximum Gasteiger partial charge on any atom is 0.326 e. The molecule has 1 fully saturated rings. The molecule has 3 aromatic rings. The first-order valence-electron chi connectivity index (χ1n) is 14.3. The van der Waals surface area contributed by atoms with Gasteiger partial charge in [-0.2, -0.15) is 0 Å². The van der Waals surface area contributed by atoms with Gasteiger partial charge in [0.2, 0.25) is 17.7 Å². The summed E-state index contributed by atoms with van der Waals surface area (Å²) in [4.78, 5) is 55.3. The molecule has 0 aliphatic carbocycles. The van der Waals surface area contributed by atoms with Gasteiger partial charge in [-0.15, -0.1) is 0 Å². The lowest BCUT2D eigenvalue weighted by Crippen LogP contribution is -2.58. The summed E-state index contributed by atoms with van der Waals surface area (Å²) >= 11 is 0. The molecule has 4 atom stereocenters. The highest BCUT2D eigenvalue weighted by Gasteiger charge is 2.32. The van der Waals surface area contributed by atoms with Crippen molar-refractivity contribution in [1.82, 2.24) is 26.3 Å². The number of amides is 3. The Morgan fingerprint density at radius 3 is 2.26 bits per heavy atom. The number of aromatic amines is 1. The lowest BCUT2D eigenvalue weighted by molar-refractivity contribution is -0.142. The second kappa shape index (κ2) is 14.0. The number of phenolic OH excluding ortho intramolecular Hbond substituents is 1. The number of para-hydroxylation sites is 1. The van der Waals surface area contributed by atoms with Crippen molar-refractivity contribution >= 4 is 34.6 Å². The summed E-state index contributed by atoms with van der Waals surface area (Å²) in [5.74, 6) is -2.61. The number of rotatable bonds is 13. The lowest BCUT2D eigenvalue weighted by atomic mass is 9.99. The molecule has 1 aliphatic rings. The highest BCUT2D eigenvalue weighted by Crippen LogP contribution is 2.20. The number of phenols is 1. The van der Waals surface area contributed by atoms with Crippen LogP contribution in [-0.2, 0) is 32.0 Å². The molecule has 11 nitrogen and oxygen atoms in total. The number of hydrogen-bond donors (Lipinski definition) is 7. The van der Waals surface area contributed by atoms with Crippen LogP contribution >= 0.6 is 0 Å². The number of H-pyrrole nitrogens is 1. The second-order valence-electron chi connectivity index (χ2n) is 11.2. The van der Waals surface area contributed by atoms with Crippen molar-refractivity contribution < 1.29 is 29.4 Å². The fourth-order valence-corrected chi connectivity index (χ4v) is 5.23. The van der Waals surface area contributed by atoms with Crippen LogP contribution in [0.1, 0.15) is 44.2 Å². The van der Waals surface area contributed by atoms with E-state index in [2.05, 4.69) is 26.3 Å². The fourth-order valence-electron chi connectivity index (χ4n) is 5.23. The molecule has 2 heterocycles.